The Balaban J connectivity index is 2.44. The Bertz CT molecular complexity index is 540. The van der Waals surface area contributed by atoms with Gasteiger partial charge in [0, 0.05) is 15.2 Å². The molecule has 0 aliphatic heterocycles. The highest BCUT2D eigenvalue weighted by Crippen LogP contribution is 2.17. The second-order valence-electron chi connectivity index (χ2n) is 3.28. The molecule has 1 aromatic carbocycles. The predicted octanol–water partition coefficient (Wildman–Crippen LogP) is 3.02. The van der Waals surface area contributed by atoms with Gasteiger partial charge < -0.3 is 4.74 Å². The molecule has 0 radical (unpaired) electrons. The van der Waals surface area contributed by atoms with Gasteiger partial charge in [-0.2, -0.15) is 0 Å². The molecular formula is C12H10INO2. The smallest absolute Gasteiger partial charge is 0.356 e. The Morgan fingerprint density at radius 1 is 1.38 bits per heavy atom. The molecule has 1 aromatic heterocycles. The average molecular weight is 327 g/mol. The van der Waals surface area contributed by atoms with Crippen LogP contribution >= 0.6 is 22.6 Å². The van der Waals surface area contributed by atoms with Gasteiger partial charge >= 0.3 is 5.97 Å². The van der Waals surface area contributed by atoms with E-state index in [4.69, 9.17) is 4.74 Å². The van der Waals surface area contributed by atoms with Gasteiger partial charge in [-0.05, 0) is 53.1 Å². The molecule has 82 valence electrons. The summed E-state index contributed by atoms with van der Waals surface area (Å²) in [5.41, 5.74) is 0.357. The molecule has 0 amide bonds. The minimum atomic E-state index is -0.372. The van der Waals surface area contributed by atoms with E-state index in [0.717, 1.165) is 14.3 Å². The van der Waals surface area contributed by atoms with Crippen molar-refractivity contribution in [3.8, 4) is 0 Å². The van der Waals surface area contributed by atoms with Crippen LogP contribution < -0.4 is 0 Å². The fourth-order valence-corrected chi connectivity index (χ4v) is 1.94. The summed E-state index contributed by atoms with van der Waals surface area (Å²) >= 11 is 2.24. The number of hydrogen-bond acceptors (Lipinski definition) is 3. The molecule has 0 unspecified atom stereocenters. The van der Waals surface area contributed by atoms with Gasteiger partial charge in [-0.15, -0.1) is 0 Å². The van der Waals surface area contributed by atoms with Crippen LogP contribution in [-0.2, 0) is 4.74 Å². The highest BCUT2D eigenvalue weighted by Gasteiger charge is 2.08. The van der Waals surface area contributed by atoms with Crippen molar-refractivity contribution in [3.63, 3.8) is 0 Å². The first kappa shape index (κ1) is 11.3. The number of carbonyl (C=O) groups excluding carboxylic acids is 1. The summed E-state index contributed by atoms with van der Waals surface area (Å²) in [5, 5.41) is 2.03. The van der Waals surface area contributed by atoms with Gasteiger partial charge in [-0.3, -0.25) is 0 Å². The van der Waals surface area contributed by atoms with E-state index in [0.29, 0.717) is 12.3 Å². The lowest BCUT2D eigenvalue weighted by Gasteiger charge is -2.03. The minimum absolute atomic E-state index is 0.357. The summed E-state index contributed by atoms with van der Waals surface area (Å²) in [5.74, 6) is -0.372. The molecule has 2 aromatic rings. The van der Waals surface area contributed by atoms with E-state index >= 15 is 0 Å². The van der Waals surface area contributed by atoms with Crippen LogP contribution in [0.5, 0.6) is 0 Å². The third kappa shape index (κ3) is 2.32. The molecule has 2 rings (SSSR count). The normalized spacial score (nSPS) is 10.4. The molecular weight excluding hydrogens is 317 g/mol. The second kappa shape index (κ2) is 4.78. The molecule has 0 fully saturated rings. The van der Waals surface area contributed by atoms with Crippen molar-refractivity contribution < 1.29 is 9.53 Å². The zero-order chi connectivity index (χ0) is 11.5. The first-order chi connectivity index (χ1) is 7.70. The van der Waals surface area contributed by atoms with Gasteiger partial charge in [0.25, 0.3) is 0 Å². The topological polar surface area (TPSA) is 39.2 Å². The predicted molar refractivity (Wildman–Crippen MR) is 70.4 cm³/mol. The molecule has 0 saturated carbocycles. The summed E-state index contributed by atoms with van der Waals surface area (Å²) in [6.45, 7) is 2.15. The number of hydrogen-bond donors (Lipinski definition) is 0. The van der Waals surface area contributed by atoms with Crippen molar-refractivity contribution in [1.82, 2.24) is 4.98 Å². The lowest BCUT2D eigenvalue weighted by atomic mass is 10.1. The van der Waals surface area contributed by atoms with Crippen LogP contribution in [-0.4, -0.2) is 17.6 Å². The number of carbonyl (C=O) groups is 1. The zero-order valence-electron chi connectivity index (χ0n) is 8.74. The first-order valence-corrected chi connectivity index (χ1v) is 6.01. The SMILES string of the molecule is CCOC(=O)c1cc2ccc(I)cc2cn1. The van der Waals surface area contributed by atoms with E-state index in [1.165, 1.54) is 0 Å². The number of nitrogens with zero attached hydrogens (tertiary/aromatic N) is 1. The van der Waals surface area contributed by atoms with Gasteiger partial charge in [-0.1, -0.05) is 6.07 Å². The number of pyridine rings is 1. The van der Waals surface area contributed by atoms with Gasteiger partial charge in [-0.25, -0.2) is 9.78 Å². The van der Waals surface area contributed by atoms with E-state index in [2.05, 4.69) is 27.6 Å². The summed E-state index contributed by atoms with van der Waals surface area (Å²) in [6.07, 6.45) is 1.70. The van der Waals surface area contributed by atoms with Gasteiger partial charge in [0.2, 0.25) is 0 Å². The number of esters is 1. The standard InChI is InChI=1S/C12H10INO2/c1-2-16-12(15)11-6-8-3-4-10(13)5-9(8)7-14-11/h3-7H,2H2,1H3. The lowest BCUT2D eigenvalue weighted by molar-refractivity contribution is 0.0520. The number of aromatic nitrogens is 1. The Morgan fingerprint density at radius 2 is 2.19 bits per heavy atom. The maximum Gasteiger partial charge on any atom is 0.356 e. The van der Waals surface area contributed by atoms with E-state index < -0.39 is 0 Å². The number of ether oxygens (including phenoxy) is 1. The number of fused-ring (bicyclic) bond motifs is 1. The van der Waals surface area contributed by atoms with Crippen molar-refractivity contribution in [2.24, 2.45) is 0 Å². The summed E-state index contributed by atoms with van der Waals surface area (Å²) in [4.78, 5) is 15.6. The second-order valence-corrected chi connectivity index (χ2v) is 4.53. The monoisotopic (exact) mass is 327 g/mol. The molecule has 0 aliphatic carbocycles. The molecule has 1 heterocycles. The molecule has 0 atom stereocenters. The maximum absolute atomic E-state index is 11.5. The molecule has 3 nitrogen and oxygen atoms in total. The summed E-state index contributed by atoms with van der Waals surface area (Å²) in [6, 6.07) is 7.75. The highest BCUT2D eigenvalue weighted by atomic mass is 127. The van der Waals surface area contributed by atoms with E-state index in [9.17, 15) is 4.79 Å². The van der Waals surface area contributed by atoms with Crippen molar-refractivity contribution in [2.45, 2.75) is 6.92 Å². The number of rotatable bonds is 2. The van der Waals surface area contributed by atoms with E-state index in [-0.39, 0.29) is 5.97 Å². The molecule has 0 N–H and O–H groups in total. The largest absolute Gasteiger partial charge is 0.461 e. The van der Waals surface area contributed by atoms with E-state index in [1.807, 2.05) is 18.2 Å². The minimum Gasteiger partial charge on any atom is -0.461 e. The van der Waals surface area contributed by atoms with Crippen LogP contribution in [0.1, 0.15) is 17.4 Å². The van der Waals surface area contributed by atoms with Crippen LogP contribution in [0.4, 0.5) is 0 Å². The Morgan fingerprint density at radius 3 is 2.94 bits per heavy atom. The third-order valence-electron chi connectivity index (χ3n) is 2.17. The van der Waals surface area contributed by atoms with Gasteiger partial charge in [0.05, 0.1) is 6.61 Å². The van der Waals surface area contributed by atoms with Crippen LogP contribution in [0.2, 0.25) is 0 Å². The zero-order valence-corrected chi connectivity index (χ0v) is 10.9. The molecule has 0 bridgehead atoms. The first-order valence-electron chi connectivity index (χ1n) is 4.93. The fraction of sp³-hybridized carbons (Fsp3) is 0.167. The highest BCUT2D eigenvalue weighted by molar-refractivity contribution is 14.1. The molecule has 0 saturated heterocycles. The quantitative estimate of drug-likeness (QED) is 0.629. The fourth-order valence-electron chi connectivity index (χ4n) is 1.43. The van der Waals surface area contributed by atoms with Crippen molar-refractivity contribution in [2.75, 3.05) is 6.61 Å². The third-order valence-corrected chi connectivity index (χ3v) is 2.84. The molecule has 0 aliphatic rings. The number of halogens is 1. The lowest BCUT2D eigenvalue weighted by Crippen LogP contribution is -2.06. The Labute approximate surface area is 107 Å². The van der Waals surface area contributed by atoms with E-state index in [1.54, 1.807) is 19.2 Å². The van der Waals surface area contributed by atoms with Crippen LogP contribution in [0, 0.1) is 3.57 Å². The Hall–Kier alpha value is -1.17. The van der Waals surface area contributed by atoms with Gasteiger partial charge in [0.1, 0.15) is 5.69 Å². The average Bonchev–Trinajstić information content (AvgIpc) is 2.28. The molecule has 4 heteroatoms. The van der Waals surface area contributed by atoms with Crippen LogP contribution in [0.25, 0.3) is 10.8 Å². The van der Waals surface area contributed by atoms with Crippen molar-refractivity contribution in [3.05, 3.63) is 39.7 Å². The Kier molecular flexibility index (Phi) is 3.38. The molecule has 16 heavy (non-hydrogen) atoms. The van der Waals surface area contributed by atoms with Crippen molar-refractivity contribution >= 4 is 39.3 Å². The van der Waals surface area contributed by atoms with Crippen LogP contribution in [0.15, 0.2) is 30.5 Å². The summed E-state index contributed by atoms with van der Waals surface area (Å²) in [7, 11) is 0. The molecule has 0 spiro atoms. The van der Waals surface area contributed by atoms with Gasteiger partial charge in [0.15, 0.2) is 0 Å². The number of benzene rings is 1. The summed E-state index contributed by atoms with van der Waals surface area (Å²) < 4.78 is 6.05. The van der Waals surface area contributed by atoms with Crippen molar-refractivity contribution in [1.29, 1.82) is 0 Å². The maximum atomic E-state index is 11.5. The van der Waals surface area contributed by atoms with Crippen LogP contribution in [0.3, 0.4) is 0 Å².